The van der Waals surface area contributed by atoms with Crippen molar-refractivity contribution in [2.75, 3.05) is 18.4 Å². The van der Waals surface area contributed by atoms with Crippen molar-refractivity contribution in [2.45, 2.75) is 39.7 Å². The van der Waals surface area contributed by atoms with Crippen LogP contribution in [0.3, 0.4) is 0 Å². The quantitative estimate of drug-likeness (QED) is 0.754. The first-order chi connectivity index (χ1) is 10.8. The summed E-state index contributed by atoms with van der Waals surface area (Å²) in [6, 6.07) is 7.04. The fraction of sp³-hybridized carbons (Fsp3) is 0.556. The molecule has 0 radical (unpaired) electrons. The van der Waals surface area contributed by atoms with Gasteiger partial charge in [-0.1, -0.05) is 13.8 Å². The van der Waals surface area contributed by atoms with E-state index in [1.54, 1.807) is 24.3 Å². The average molecular weight is 317 g/mol. The number of benzene rings is 1. The SMILES string of the molecule is CCC(C)(C)NC(=O)c1ccc(NC(=O)C(C)C2CNC2)cc1. The number of hydrogen-bond acceptors (Lipinski definition) is 3. The first-order valence-electron chi connectivity index (χ1n) is 8.26. The molecule has 1 aliphatic heterocycles. The Morgan fingerprint density at radius 1 is 1.26 bits per heavy atom. The second-order valence-electron chi connectivity index (χ2n) is 6.97. The van der Waals surface area contributed by atoms with E-state index in [-0.39, 0.29) is 23.3 Å². The zero-order valence-electron chi connectivity index (χ0n) is 14.4. The van der Waals surface area contributed by atoms with Gasteiger partial charge in [-0.15, -0.1) is 0 Å². The van der Waals surface area contributed by atoms with E-state index in [1.165, 1.54) is 0 Å². The van der Waals surface area contributed by atoms with Crippen molar-refractivity contribution in [3.63, 3.8) is 0 Å². The van der Waals surface area contributed by atoms with Crippen LogP contribution in [0.25, 0.3) is 0 Å². The molecule has 1 fully saturated rings. The van der Waals surface area contributed by atoms with Gasteiger partial charge in [0.25, 0.3) is 5.91 Å². The molecule has 1 saturated heterocycles. The van der Waals surface area contributed by atoms with Gasteiger partial charge in [0.1, 0.15) is 0 Å². The Labute approximate surface area is 138 Å². The van der Waals surface area contributed by atoms with Crippen LogP contribution in [0.4, 0.5) is 5.69 Å². The van der Waals surface area contributed by atoms with Crippen LogP contribution in [0.1, 0.15) is 44.5 Å². The maximum atomic E-state index is 12.2. The first kappa shape index (κ1) is 17.5. The normalized spacial score (nSPS) is 16.3. The van der Waals surface area contributed by atoms with Crippen molar-refractivity contribution < 1.29 is 9.59 Å². The van der Waals surface area contributed by atoms with E-state index >= 15 is 0 Å². The number of anilines is 1. The van der Waals surface area contributed by atoms with Crippen molar-refractivity contribution in [1.82, 2.24) is 10.6 Å². The lowest BCUT2D eigenvalue weighted by Crippen LogP contribution is -2.48. The Morgan fingerprint density at radius 2 is 1.87 bits per heavy atom. The summed E-state index contributed by atoms with van der Waals surface area (Å²) in [5, 5.41) is 9.10. The highest BCUT2D eigenvalue weighted by Gasteiger charge is 2.28. The van der Waals surface area contributed by atoms with Crippen LogP contribution in [0.5, 0.6) is 0 Å². The summed E-state index contributed by atoms with van der Waals surface area (Å²) in [7, 11) is 0. The van der Waals surface area contributed by atoms with Crippen LogP contribution in [0.15, 0.2) is 24.3 Å². The zero-order valence-corrected chi connectivity index (χ0v) is 14.4. The number of amides is 2. The second-order valence-corrected chi connectivity index (χ2v) is 6.97. The molecule has 2 rings (SSSR count). The number of nitrogens with one attached hydrogen (secondary N) is 3. The molecule has 5 heteroatoms. The lowest BCUT2D eigenvalue weighted by atomic mass is 9.88. The first-order valence-corrected chi connectivity index (χ1v) is 8.26. The zero-order chi connectivity index (χ0) is 17.0. The van der Waals surface area contributed by atoms with Crippen molar-refractivity contribution in [3.8, 4) is 0 Å². The molecule has 0 spiro atoms. The minimum Gasteiger partial charge on any atom is -0.347 e. The molecule has 5 nitrogen and oxygen atoms in total. The van der Waals surface area contributed by atoms with E-state index < -0.39 is 0 Å². The van der Waals surface area contributed by atoms with Crippen molar-refractivity contribution >= 4 is 17.5 Å². The molecule has 0 aromatic heterocycles. The maximum absolute atomic E-state index is 12.2. The van der Waals surface area contributed by atoms with Gasteiger partial charge in [0.2, 0.25) is 5.91 Å². The Balaban J connectivity index is 1.93. The van der Waals surface area contributed by atoms with Crippen LogP contribution in [0, 0.1) is 11.8 Å². The lowest BCUT2D eigenvalue weighted by Gasteiger charge is -2.31. The Hall–Kier alpha value is -1.88. The molecule has 1 aliphatic rings. The molecule has 2 amide bonds. The number of rotatable bonds is 6. The van der Waals surface area contributed by atoms with Crippen molar-refractivity contribution in [2.24, 2.45) is 11.8 Å². The highest BCUT2D eigenvalue weighted by molar-refractivity contribution is 5.96. The summed E-state index contributed by atoms with van der Waals surface area (Å²) in [5.74, 6) is 0.338. The summed E-state index contributed by atoms with van der Waals surface area (Å²) in [4.78, 5) is 24.4. The molecular weight excluding hydrogens is 290 g/mol. The molecule has 0 saturated carbocycles. The largest absolute Gasteiger partial charge is 0.347 e. The predicted octanol–water partition coefficient (Wildman–Crippen LogP) is 2.40. The molecule has 1 heterocycles. The lowest BCUT2D eigenvalue weighted by molar-refractivity contribution is -0.121. The molecule has 0 bridgehead atoms. The molecule has 1 atom stereocenters. The van der Waals surface area contributed by atoms with E-state index in [4.69, 9.17) is 0 Å². The monoisotopic (exact) mass is 317 g/mol. The molecule has 1 aromatic carbocycles. The van der Waals surface area contributed by atoms with Crippen molar-refractivity contribution in [1.29, 1.82) is 0 Å². The number of carbonyl (C=O) groups is 2. The summed E-state index contributed by atoms with van der Waals surface area (Å²) < 4.78 is 0. The van der Waals surface area contributed by atoms with Gasteiger partial charge in [0.15, 0.2) is 0 Å². The molecular formula is C18H27N3O2. The van der Waals surface area contributed by atoms with Crippen molar-refractivity contribution in [3.05, 3.63) is 29.8 Å². The van der Waals surface area contributed by atoms with Crippen LogP contribution in [-0.2, 0) is 4.79 Å². The second kappa shape index (κ2) is 7.13. The van der Waals surface area contributed by atoms with Gasteiger partial charge in [-0.2, -0.15) is 0 Å². The van der Waals surface area contributed by atoms with Gasteiger partial charge in [-0.3, -0.25) is 9.59 Å². The molecule has 1 unspecified atom stereocenters. The molecule has 0 aliphatic carbocycles. The van der Waals surface area contributed by atoms with Gasteiger partial charge < -0.3 is 16.0 Å². The molecule has 3 N–H and O–H groups in total. The third-order valence-corrected chi connectivity index (χ3v) is 4.68. The van der Waals surface area contributed by atoms with Crippen LogP contribution in [-0.4, -0.2) is 30.4 Å². The van der Waals surface area contributed by atoms with Gasteiger partial charge in [0.05, 0.1) is 0 Å². The van der Waals surface area contributed by atoms with Crippen LogP contribution in [0.2, 0.25) is 0 Å². The molecule has 126 valence electrons. The maximum Gasteiger partial charge on any atom is 0.251 e. The number of hydrogen-bond donors (Lipinski definition) is 3. The smallest absolute Gasteiger partial charge is 0.251 e. The van der Waals surface area contributed by atoms with E-state index in [1.807, 2.05) is 27.7 Å². The van der Waals surface area contributed by atoms with Gasteiger partial charge in [-0.05, 0) is 63.5 Å². The summed E-state index contributed by atoms with van der Waals surface area (Å²) in [6.45, 7) is 9.79. The third-order valence-electron chi connectivity index (χ3n) is 4.68. The topological polar surface area (TPSA) is 70.2 Å². The molecule has 1 aromatic rings. The van der Waals surface area contributed by atoms with E-state index in [0.717, 1.165) is 25.2 Å². The highest BCUT2D eigenvalue weighted by Crippen LogP contribution is 2.19. The third kappa shape index (κ3) is 4.55. The Morgan fingerprint density at radius 3 is 2.35 bits per heavy atom. The Kier molecular flexibility index (Phi) is 5.42. The van der Waals surface area contributed by atoms with E-state index in [2.05, 4.69) is 16.0 Å². The van der Waals surface area contributed by atoms with Gasteiger partial charge >= 0.3 is 0 Å². The Bertz CT molecular complexity index is 562. The molecule has 23 heavy (non-hydrogen) atoms. The number of carbonyl (C=O) groups excluding carboxylic acids is 2. The summed E-state index contributed by atoms with van der Waals surface area (Å²) in [6.07, 6.45) is 0.862. The highest BCUT2D eigenvalue weighted by atomic mass is 16.2. The predicted molar refractivity (Wildman–Crippen MR) is 92.4 cm³/mol. The van der Waals surface area contributed by atoms with E-state index in [0.29, 0.717) is 11.5 Å². The van der Waals surface area contributed by atoms with Gasteiger partial charge in [-0.25, -0.2) is 0 Å². The van der Waals surface area contributed by atoms with Crippen LogP contribution >= 0.6 is 0 Å². The fourth-order valence-corrected chi connectivity index (χ4v) is 2.31. The average Bonchev–Trinajstić information content (AvgIpc) is 2.45. The minimum atomic E-state index is -0.226. The standard InChI is InChI=1S/C18H27N3O2/c1-5-18(3,4)21-17(23)13-6-8-15(9-7-13)20-16(22)12(2)14-10-19-11-14/h6-9,12,14,19H,5,10-11H2,1-4H3,(H,20,22)(H,21,23). The minimum absolute atomic E-state index is 0.00965. The summed E-state index contributed by atoms with van der Waals surface area (Å²) in [5.41, 5.74) is 1.09. The fourth-order valence-electron chi connectivity index (χ4n) is 2.31. The van der Waals surface area contributed by atoms with Gasteiger partial charge in [0, 0.05) is 22.7 Å². The van der Waals surface area contributed by atoms with Crippen LogP contribution < -0.4 is 16.0 Å². The summed E-state index contributed by atoms with van der Waals surface area (Å²) >= 11 is 0. The van der Waals surface area contributed by atoms with E-state index in [9.17, 15) is 9.59 Å².